The third-order valence-electron chi connectivity index (χ3n) is 3.48. The zero-order valence-electron chi connectivity index (χ0n) is 11.4. The number of hydrogen-bond acceptors (Lipinski definition) is 3. The normalized spacial score (nSPS) is 17.5. The Kier molecular flexibility index (Phi) is 3.46. The molecule has 5 nitrogen and oxygen atoms in total. The summed E-state index contributed by atoms with van der Waals surface area (Å²) < 4.78 is 5.09. The van der Waals surface area contributed by atoms with Crippen LogP contribution in [0.2, 0.25) is 0 Å². The maximum Gasteiger partial charge on any atom is 0.325 e. The van der Waals surface area contributed by atoms with Gasteiger partial charge in [0.1, 0.15) is 11.3 Å². The van der Waals surface area contributed by atoms with E-state index in [2.05, 4.69) is 5.32 Å². The van der Waals surface area contributed by atoms with E-state index in [0.29, 0.717) is 13.0 Å². The van der Waals surface area contributed by atoms with Crippen LogP contribution >= 0.6 is 0 Å². The van der Waals surface area contributed by atoms with E-state index in [1.807, 2.05) is 24.3 Å². The minimum Gasteiger partial charge on any atom is -0.497 e. The lowest BCUT2D eigenvalue weighted by Gasteiger charge is -2.27. The summed E-state index contributed by atoms with van der Waals surface area (Å²) in [6, 6.07) is 7.37. The van der Waals surface area contributed by atoms with Gasteiger partial charge < -0.3 is 9.64 Å². The summed E-state index contributed by atoms with van der Waals surface area (Å²) in [6.07, 6.45) is 0.703. The second-order valence-corrected chi connectivity index (χ2v) is 5.07. The molecule has 1 saturated heterocycles. The standard InChI is InChI=1S/C14H18N2O3/c1-14(2)12(17)15-13(18)16(14)9-8-10-4-6-11(19-3)7-5-10/h4-7H,8-9H2,1-3H3,(H,15,17,18). The number of nitrogens with zero attached hydrogens (tertiary/aromatic N) is 1. The molecule has 0 bridgehead atoms. The molecule has 1 fully saturated rings. The first kappa shape index (κ1) is 13.4. The number of methoxy groups -OCH3 is 1. The highest BCUT2D eigenvalue weighted by Crippen LogP contribution is 2.21. The summed E-state index contributed by atoms with van der Waals surface area (Å²) >= 11 is 0. The molecule has 2 rings (SSSR count). The zero-order valence-corrected chi connectivity index (χ0v) is 11.4. The van der Waals surface area contributed by atoms with Crippen molar-refractivity contribution >= 4 is 11.9 Å². The van der Waals surface area contributed by atoms with Crippen LogP contribution in [0.1, 0.15) is 19.4 Å². The van der Waals surface area contributed by atoms with Crippen LogP contribution in [0.5, 0.6) is 5.75 Å². The SMILES string of the molecule is COc1ccc(CCN2C(=O)NC(=O)C2(C)C)cc1. The number of rotatable bonds is 4. The lowest BCUT2D eigenvalue weighted by Crippen LogP contribution is -2.45. The molecular formula is C14H18N2O3. The molecule has 1 aliphatic rings. The molecule has 5 heteroatoms. The van der Waals surface area contributed by atoms with Gasteiger partial charge in [0.05, 0.1) is 7.11 Å². The molecule has 1 N–H and O–H groups in total. The lowest BCUT2D eigenvalue weighted by molar-refractivity contribution is -0.125. The van der Waals surface area contributed by atoms with Gasteiger partial charge >= 0.3 is 6.03 Å². The van der Waals surface area contributed by atoms with Crippen molar-refractivity contribution in [2.45, 2.75) is 25.8 Å². The highest BCUT2D eigenvalue weighted by atomic mass is 16.5. The highest BCUT2D eigenvalue weighted by Gasteiger charge is 2.44. The Morgan fingerprint density at radius 2 is 1.84 bits per heavy atom. The molecule has 102 valence electrons. The minimum absolute atomic E-state index is 0.243. The molecule has 1 aromatic carbocycles. The van der Waals surface area contributed by atoms with Crippen molar-refractivity contribution in [3.8, 4) is 5.75 Å². The van der Waals surface area contributed by atoms with Gasteiger partial charge in [-0.25, -0.2) is 4.79 Å². The molecule has 0 unspecified atom stereocenters. The molecule has 1 aliphatic heterocycles. The summed E-state index contributed by atoms with van der Waals surface area (Å²) in [5.74, 6) is 0.561. The third kappa shape index (κ3) is 2.54. The van der Waals surface area contributed by atoms with E-state index in [0.717, 1.165) is 11.3 Å². The molecule has 0 atom stereocenters. The van der Waals surface area contributed by atoms with Crippen LogP contribution in [0, 0.1) is 0 Å². The highest BCUT2D eigenvalue weighted by molar-refractivity contribution is 6.06. The summed E-state index contributed by atoms with van der Waals surface area (Å²) in [5, 5.41) is 2.34. The van der Waals surface area contributed by atoms with Crippen molar-refractivity contribution in [2.75, 3.05) is 13.7 Å². The van der Waals surface area contributed by atoms with Gasteiger partial charge in [0, 0.05) is 6.54 Å². The fraction of sp³-hybridized carbons (Fsp3) is 0.429. The van der Waals surface area contributed by atoms with Crippen LogP contribution in [0.25, 0.3) is 0 Å². The number of nitrogens with one attached hydrogen (secondary N) is 1. The van der Waals surface area contributed by atoms with Crippen molar-refractivity contribution in [3.05, 3.63) is 29.8 Å². The van der Waals surface area contributed by atoms with Crippen LogP contribution in [0.3, 0.4) is 0 Å². The number of carbonyl (C=O) groups is 2. The monoisotopic (exact) mass is 262 g/mol. The van der Waals surface area contributed by atoms with Crippen LogP contribution in [0.15, 0.2) is 24.3 Å². The number of amides is 3. The maximum absolute atomic E-state index is 11.7. The summed E-state index contributed by atoms with van der Waals surface area (Å²) in [5.41, 5.74) is 0.326. The number of urea groups is 1. The summed E-state index contributed by atoms with van der Waals surface area (Å²) in [7, 11) is 1.62. The van der Waals surface area contributed by atoms with E-state index in [9.17, 15) is 9.59 Å². The van der Waals surface area contributed by atoms with Gasteiger partial charge in [-0.2, -0.15) is 0 Å². The smallest absolute Gasteiger partial charge is 0.325 e. The molecular weight excluding hydrogens is 244 g/mol. The Labute approximate surface area is 112 Å². The van der Waals surface area contributed by atoms with Crippen molar-refractivity contribution < 1.29 is 14.3 Å². The molecule has 19 heavy (non-hydrogen) atoms. The van der Waals surface area contributed by atoms with Crippen LogP contribution in [0.4, 0.5) is 4.79 Å². The number of benzene rings is 1. The summed E-state index contributed by atoms with van der Waals surface area (Å²) in [6.45, 7) is 4.01. The van der Waals surface area contributed by atoms with Crippen molar-refractivity contribution in [1.29, 1.82) is 0 Å². The van der Waals surface area contributed by atoms with Crippen molar-refractivity contribution in [2.24, 2.45) is 0 Å². The average Bonchev–Trinajstić information content (AvgIpc) is 2.57. The van der Waals surface area contributed by atoms with Crippen LogP contribution in [-0.4, -0.2) is 36.0 Å². The third-order valence-corrected chi connectivity index (χ3v) is 3.48. The molecule has 0 saturated carbocycles. The topological polar surface area (TPSA) is 58.6 Å². The second kappa shape index (κ2) is 4.91. The number of hydrogen-bond donors (Lipinski definition) is 1. The molecule has 0 aliphatic carbocycles. The van der Waals surface area contributed by atoms with Gasteiger partial charge in [-0.1, -0.05) is 12.1 Å². The summed E-state index contributed by atoms with van der Waals surface area (Å²) in [4.78, 5) is 24.9. The first-order valence-corrected chi connectivity index (χ1v) is 6.21. The number of carbonyl (C=O) groups excluding carboxylic acids is 2. The second-order valence-electron chi connectivity index (χ2n) is 5.07. The fourth-order valence-corrected chi connectivity index (χ4v) is 2.11. The van der Waals surface area contributed by atoms with Crippen molar-refractivity contribution in [3.63, 3.8) is 0 Å². The predicted octanol–water partition coefficient (Wildman–Crippen LogP) is 1.57. The lowest BCUT2D eigenvalue weighted by atomic mass is 10.0. The van der Waals surface area contributed by atoms with Gasteiger partial charge in [-0.05, 0) is 38.0 Å². The molecule has 0 radical (unpaired) electrons. The largest absolute Gasteiger partial charge is 0.497 e. The zero-order chi connectivity index (χ0) is 14.0. The Balaban J connectivity index is 2.01. The van der Waals surface area contributed by atoms with Crippen LogP contribution < -0.4 is 10.1 Å². The quantitative estimate of drug-likeness (QED) is 0.838. The fourth-order valence-electron chi connectivity index (χ4n) is 2.11. The molecule has 1 heterocycles. The van der Waals surface area contributed by atoms with Crippen molar-refractivity contribution in [1.82, 2.24) is 10.2 Å². The Morgan fingerprint density at radius 1 is 1.21 bits per heavy atom. The van der Waals surface area contributed by atoms with E-state index in [-0.39, 0.29) is 11.9 Å². The molecule has 3 amide bonds. The van der Waals surface area contributed by atoms with Gasteiger partial charge in [0.2, 0.25) is 0 Å². The first-order chi connectivity index (χ1) is 8.95. The average molecular weight is 262 g/mol. The Bertz CT molecular complexity index is 494. The predicted molar refractivity (Wildman–Crippen MR) is 71.0 cm³/mol. The first-order valence-electron chi connectivity index (χ1n) is 6.21. The Morgan fingerprint density at radius 3 is 2.32 bits per heavy atom. The van der Waals surface area contributed by atoms with Gasteiger partial charge in [-0.3, -0.25) is 10.1 Å². The van der Waals surface area contributed by atoms with E-state index < -0.39 is 5.54 Å². The number of ether oxygens (including phenoxy) is 1. The van der Waals surface area contributed by atoms with Gasteiger partial charge in [0.25, 0.3) is 5.91 Å². The van der Waals surface area contributed by atoms with E-state index in [1.54, 1.807) is 25.9 Å². The minimum atomic E-state index is -0.774. The maximum atomic E-state index is 11.7. The Hall–Kier alpha value is -2.04. The van der Waals surface area contributed by atoms with E-state index in [4.69, 9.17) is 4.74 Å². The van der Waals surface area contributed by atoms with E-state index >= 15 is 0 Å². The van der Waals surface area contributed by atoms with Crippen LogP contribution in [-0.2, 0) is 11.2 Å². The molecule has 1 aromatic rings. The van der Waals surface area contributed by atoms with Gasteiger partial charge in [0.15, 0.2) is 0 Å². The molecule has 0 spiro atoms. The van der Waals surface area contributed by atoms with E-state index in [1.165, 1.54) is 0 Å². The van der Waals surface area contributed by atoms with Gasteiger partial charge in [-0.15, -0.1) is 0 Å². The molecule has 0 aromatic heterocycles. The number of imide groups is 1.